The summed E-state index contributed by atoms with van der Waals surface area (Å²) in [5.74, 6) is 0.846. The van der Waals surface area contributed by atoms with Crippen LogP contribution in [0.1, 0.15) is 16.3 Å². The molecule has 0 bridgehead atoms. The quantitative estimate of drug-likeness (QED) is 0.696. The summed E-state index contributed by atoms with van der Waals surface area (Å²) in [5, 5.41) is 8.84. The normalized spacial score (nSPS) is 10.4. The summed E-state index contributed by atoms with van der Waals surface area (Å²) >= 11 is 0. The van der Waals surface area contributed by atoms with Gasteiger partial charge in [0.2, 0.25) is 5.76 Å². The molecule has 1 N–H and O–H groups in total. The van der Waals surface area contributed by atoms with Crippen molar-refractivity contribution < 1.29 is 23.8 Å². The number of benzene rings is 2. The Kier molecular flexibility index (Phi) is 5.04. The van der Waals surface area contributed by atoms with Gasteiger partial charge in [0.05, 0.1) is 13.7 Å². The monoisotopic (exact) mass is 338 g/mol. The van der Waals surface area contributed by atoms with Crippen molar-refractivity contribution >= 4 is 5.97 Å². The Labute approximate surface area is 145 Å². The molecule has 0 saturated carbocycles. The predicted molar refractivity (Wildman–Crippen MR) is 93.3 cm³/mol. The van der Waals surface area contributed by atoms with Crippen LogP contribution >= 0.6 is 0 Å². The van der Waals surface area contributed by atoms with Crippen LogP contribution in [0.5, 0.6) is 11.5 Å². The summed E-state index contributed by atoms with van der Waals surface area (Å²) in [6, 6.07) is 18.7. The Morgan fingerprint density at radius 3 is 2.56 bits per heavy atom. The number of hydrogen-bond acceptors (Lipinski definition) is 4. The first kappa shape index (κ1) is 16.6. The van der Waals surface area contributed by atoms with Crippen molar-refractivity contribution in [2.24, 2.45) is 0 Å². The topological polar surface area (TPSA) is 68.9 Å². The van der Waals surface area contributed by atoms with Gasteiger partial charge < -0.3 is 19.0 Å². The van der Waals surface area contributed by atoms with E-state index in [1.807, 2.05) is 48.5 Å². The third kappa shape index (κ3) is 4.01. The maximum Gasteiger partial charge on any atom is 0.371 e. The van der Waals surface area contributed by atoms with Gasteiger partial charge in [-0.3, -0.25) is 0 Å². The lowest BCUT2D eigenvalue weighted by atomic mass is 10.0. The minimum Gasteiger partial charge on any atom is -0.496 e. The van der Waals surface area contributed by atoms with E-state index >= 15 is 0 Å². The summed E-state index contributed by atoms with van der Waals surface area (Å²) < 4.78 is 16.4. The molecule has 1 heterocycles. The minimum atomic E-state index is -1.08. The number of hydrogen-bond donors (Lipinski definition) is 1. The predicted octanol–water partition coefficient (Wildman–Crippen LogP) is 4.27. The van der Waals surface area contributed by atoms with Crippen LogP contribution in [0.4, 0.5) is 0 Å². The van der Waals surface area contributed by atoms with E-state index in [-0.39, 0.29) is 5.76 Å². The lowest BCUT2D eigenvalue weighted by Gasteiger charge is -2.12. The third-order valence-corrected chi connectivity index (χ3v) is 3.75. The molecule has 128 valence electrons. The zero-order chi connectivity index (χ0) is 17.6. The standard InChI is InChI=1S/C20H18O5/c1-23-19-13-16(7-9-17(19)14-5-3-2-4-6-14)24-12-11-15-8-10-18(25-15)20(21)22/h2-10,13H,11-12H2,1H3,(H,21,22). The van der Waals surface area contributed by atoms with Crippen molar-refractivity contribution in [3.05, 3.63) is 72.2 Å². The zero-order valence-electron chi connectivity index (χ0n) is 13.8. The highest BCUT2D eigenvalue weighted by atomic mass is 16.5. The lowest BCUT2D eigenvalue weighted by Crippen LogP contribution is -2.01. The molecule has 0 fully saturated rings. The number of carboxylic acids is 1. The second kappa shape index (κ2) is 7.57. The van der Waals surface area contributed by atoms with Gasteiger partial charge in [-0.05, 0) is 29.8 Å². The average Bonchev–Trinajstić information content (AvgIpc) is 3.11. The van der Waals surface area contributed by atoms with E-state index < -0.39 is 5.97 Å². The van der Waals surface area contributed by atoms with Gasteiger partial charge in [-0.15, -0.1) is 0 Å². The number of methoxy groups -OCH3 is 1. The van der Waals surface area contributed by atoms with Gasteiger partial charge in [0.15, 0.2) is 0 Å². The molecule has 0 radical (unpaired) electrons. The van der Waals surface area contributed by atoms with E-state index in [2.05, 4.69) is 0 Å². The average molecular weight is 338 g/mol. The van der Waals surface area contributed by atoms with Gasteiger partial charge in [-0.2, -0.15) is 0 Å². The molecule has 0 unspecified atom stereocenters. The Morgan fingerprint density at radius 2 is 1.88 bits per heavy atom. The van der Waals surface area contributed by atoms with E-state index in [1.54, 1.807) is 13.2 Å². The molecule has 2 aromatic carbocycles. The van der Waals surface area contributed by atoms with Gasteiger partial charge in [-0.25, -0.2) is 4.79 Å². The lowest BCUT2D eigenvalue weighted by molar-refractivity contribution is 0.0660. The van der Waals surface area contributed by atoms with Gasteiger partial charge in [0.25, 0.3) is 0 Å². The van der Waals surface area contributed by atoms with Crippen molar-refractivity contribution in [3.8, 4) is 22.6 Å². The molecule has 0 spiro atoms. The van der Waals surface area contributed by atoms with E-state index in [9.17, 15) is 4.79 Å². The van der Waals surface area contributed by atoms with Crippen molar-refractivity contribution in [1.82, 2.24) is 0 Å². The molecule has 5 heteroatoms. The molecule has 0 atom stereocenters. The summed E-state index contributed by atoms with van der Waals surface area (Å²) in [6.07, 6.45) is 0.482. The van der Waals surface area contributed by atoms with Crippen molar-refractivity contribution in [2.75, 3.05) is 13.7 Å². The smallest absolute Gasteiger partial charge is 0.371 e. The van der Waals surface area contributed by atoms with E-state index in [1.165, 1.54) is 6.07 Å². The van der Waals surface area contributed by atoms with Gasteiger partial charge >= 0.3 is 5.97 Å². The number of aromatic carboxylic acids is 1. The van der Waals surface area contributed by atoms with Gasteiger partial charge in [0.1, 0.15) is 17.3 Å². The minimum absolute atomic E-state index is 0.0658. The number of ether oxygens (including phenoxy) is 2. The van der Waals surface area contributed by atoms with Crippen LogP contribution in [0.25, 0.3) is 11.1 Å². The maximum atomic E-state index is 10.8. The van der Waals surface area contributed by atoms with Crippen LogP contribution in [0.3, 0.4) is 0 Å². The molecule has 3 aromatic rings. The number of rotatable bonds is 7. The maximum absolute atomic E-state index is 10.8. The van der Waals surface area contributed by atoms with Gasteiger partial charge in [-0.1, -0.05) is 30.3 Å². The molecule has 0 aliphatic heterocycles. The number of furan rings is 1. The second-order valence-corrected chi connectivity index (χ2v) is 5.40. The molecule has 0 amide bonds. The van der Waals surface area contributed by atoms with Crippen LogP contribution < -0.4 is 9.47 Å². The van der Waals surface area contributed by atoms with Crippen molar-refractivity contribution in [3.63, 3.8) is 0 Å². The van der Waals surface area contributed by atoms with E-state index in [4.69, 9.17) is 19.0 Å². The first-order valence-corrected chi connectivity index (χ1v) is 7.85. The van der Waals surface area contributed by atoms with Crippen LogP contribution in [0.15, 0.2) is 65.1 Å². The largest absolute Gasteiger partial charge is 0.496 e. The Morgan fingerprint density at radius 1 is 1.08 bits per heavy atom. The fourth-order valence-electron chi connectivity index (χ4n) is 2.51. The highest BCUT2D eigenvalue weighted by Gasteiger charge is 2.10. The molecule has 0 aliphatic rings. The van der Waals surface area contributed by atoms with Gasteiger partial charge in [0, 0.05) is 18.1 Å². The SMILES string of the molecule is COc1cc(OCCc2ccc(C(=O)O)o2)ccc1-c1ccccc1. The van der Waals surface area contributed by atoms with Crippen molar-refractivity contribution in [2.45, 2.75) is 6.42 Å². The second-order valence-electron chi connectivity index (χ2n) is 5.40. The number of carbonyl (C=O) groups is 1. The van der Waals surface area contributed by atoms with Crippen LogP contribution in [-0.4, -0.2) is 24.8 Å². The van der Waals surface area contributed by atoms with E-state index in [0.717, 1.165) is 16.9 Å². The molecular weight excluding hydrogens is 320 g/mol. The summed E-state index contributed by atoms with van der Waals surface area (Å²) in [7, 11) is 1.63. The Balaban J connectivity index is 1.66. The fraction of sp³-hybridized carbons (Fsp3) is 0.150. The molecule has 0 aliphatic carbocycles. The van der Waals surface area contributed by atoms with Crippen LogP contribution in [-0.2, 0) is 6.42 Å². The first-order valence-electron chi connectivity index (χ1n) is 7.85. The number of carboxylic acid groups (broad SMARTS) is 1. The molecule has 1 aromatic heterocycles. The highest BCUT2D eigenvalue weighted by Crippen LogP contribution is 2.33. The van der Waals surface area contributed by atoms with Crippen LogP contribution in [0, 0.1) is 0 Å². The zero-order valence-corrected chi connectivity index (χ0v) is 13.8. The Bertz CT molecular complexity index is 852. The van der Waals surface area contributed by atoms with Crippen LogP contribution in [0.2, 0.25) is 0 Å². The summed E-state index contributed by atoms with van der Waals surface area (Å²) in [5.41, 5.74) is 2.07. The molecule has 3 rings (SSSR count). The summed E-state index contributed by atoms with van der Waals surface area (Å²) in [4.78, 5) is 10.8. The Hall–Kier alpha value is -3.21. The summed E-state index contributed by atoms with van der Waals surface area (Å²) in [6.45, 7) is 0.375. The fourth-order valence-corrected chi connectivity index (χ4v) is 2.51. The highest BCUT2D eigenvalue weighted by molar-refractivity contribution is 5.84. The van der Waals surface area contributed by atoms with E-state index in [0.29, 0.717) is 24.5 Å². The molecule has 0 saturated heterocycles. The molecule has 25 heavy (non-hydrogen) atoms. The first-order chi connectivity index (χ1) is 12.2. The molecular formula is C20H18O5. The van der Waals surface area contributed by atoms with Crippen molar-refractivity contribution in [1.29, 1.82) is 0 Å². The third-order valence-electron chi connectivity index (χ3n) is 3.75. The molecule has 5 nitrogen and oxygen atoms in total.